The molecular formula is C28H21F6N3O3. The van der Waals surface area contributed by atoms with Crippen molar-refractivity contribution in [2.45, 2.75) is 32.5 Å². The predicted octanol–water partition coefficient (Wildman–Crippen LogP) is 6.39. The molecule has 1 unspecified atom stereocenters. The number of carbonyl (C=O) groups is 1. The zero-order chi connectivity index (χ0) is 28.8. The van der Waals surface area contributed by atoms with Crippen molar-refractivity contribution in [2.75, 3.05) is 13.2 Å². The molecule has 0 saturated carbocycles. The lowest BCUT2D eigenvalue weighted by molar-refractivity contribution is -0.274. The van der Waals surface area contributed by atoms with Crippen LogP contribution in [-0.2, 0) is 6.42 Å². The Morgan fingerprint density at radius 2 is 1.90 bits per heavy atom. The fraction of sp³-hybridized carbons (Fsp3) is 0.250. The lowest BCUT2D eigenvalue weighted by Crippen LogP contribution is -2.26. The number of carbonyl (C=O) groups excluding carboxylic acids is 1. The predicted molar refractivity (Wildman–Crippen MR) is 133 cm³/mol. The molecule has 5 rings (SSSR count). The average Bonchev–Trinajstić information content (AvgIpc) is 3.26. The van der Waals surface area contributed by atoms with Crippen LogP contribution < -0.4 is 14.8 Å². The molecule has 0 radical (unpaired) electrons. The van der Waals surface area contributed by atoms with E-state index in [2.05, 4.69) is 20.0 Å². The Labute approximate surface area is 224 Å². The quantitative estimate of drug-likeness (QED) is 0.218. The third kappa shape index (κ3) is 5.38. The highest BCUT2D eigenvalue weighted by molar-refractivity contribution is 6.00. The number of fused-ring (bicyclic) bond motifs is 2. The number of pyridine rings is 2. The molecule has 208 valence electrons. The highest BCUT2D eigenvalue weighted by atomic mass is 19.4. The first kappa shape index (κ1) is 27.2. The van der Waals surface area contributed by atoms with E-state index < -0.39 is 35.5 Å². The Morgan fingerprint density at radius 3 is 2.65 bits per heavy atom. The summed E-state index contributed by atoms with van der Waals surface area (Å²) in [6, 6.07) is 7.55. The number of alkyl halides is 3. The molecule has 1 aliphatic rings. The highest BCUT2D eigenvalue weighted by Crippen LogP contribution is 2.42. The van der Waals surface area contributed by atoms with Gasteiger partial charge in [0.25, 0.3) is 5.91 Å². The highest BCUT2D eigenvalue weighted by Gasteiger charge is 2.33. The van der Waals surface area contributed by atoms with Crippen LogP contribution in [0.1, 0.15) is 40.0 Å². The van der Waals surface area contributed by atoms with E-state index in [1.165, 1.54) is 12.3 Å². The number of hydrogen-bond donors (Lipinski definition) is 1. The maximum atomic E-state index is 14.6. The van der Waals surface area contributed by atoms with E-state index in [1.54, 1.807) is 19.1 Å². The molecule has 0 fully saturated rings. The molecule has 0 aliphatic carbocycles. The Bertz CT molecular complexity index is 1640. The maximum Gasteiger partial charge on any atom is 0.573 e. The van der Waals surface area contributed by atoms with Crippen molar-refractivity contribution in [1.29, 1.82) is 0 Å². The Morgan fingerprint density at radius 1 is 1.12 bits per heavy atom. The first-order valence-corrected chi connectivity index (χ1v) is 12.2. The molecule has 1 amide bonds. The van der Waals surface area contributed by atoms with Crippen molar-refractivity contribution in [3.8, 4) is 22.8 Å². The minimum absolute atomic E-state index is 0.00548. The summed E-state index contributed by atoms with van der Waals surface area (Å²) in [5.74, 6) is -5.47. The number of ether oxygens (including phenoxy) is 2. The van der Waals surface area contributed by atoms with Gasteiger partial charge in [-0.3, -0.25) is 9.78 Å². The summed E-state index contributed by atoms with van der Waals surface area (Å²) in [4.78, 5) is 21.3. The third-order valence-corrected chi connectivity index (χ3v) is 6.39. The van der Waals surface area contributed by atoms with E-state index in [9.17, 15) is 31.1 Å². The largest absolute Gasteiger partial charge is 0.573 e. The Balaban J connectivity index is 1.40. The van der Waals surface area contributed by atoms with Crippen molar-refractivity contribution in [1.82, 2.24) is 15.3 Å². The van der Waals surface area contributed by atoms with Crippen LogP contribution in [-0.4, -0.2) is 35.4 Å². The standard InChI is InChI=1S/C28H21F6N3O3/c1-13-7-15-8-16(9-21(24(15)36-11-13)40-28(32,33)34)27(38)35-6-5-17-10-19-14(2)12-39-26(19)25(37-17)18-3-4-20(29)23(31)22(18)30/h3-4,7-11,14H,5-6,12H2,1-2H3,(H,35,38). The summed E-state index contributed by atoms with van der Waals surface area (Å²) in [5.41, 5.74) is 1.40. The SMILES string of the molecule is Cc1cnc2c(OC(F)(F)F)cc(C(=O)NCCc3cc4c(c(-c5ccc(F)c(F)c5F)n3)OCC4C)cc2c1. The number of amides is 1. The van der Waals surface area contributed by atoms with E-state index in [4.69, 9.17) is 4.74 Å². The number of halogens is 6. The van der Waals surface area contributed by atoms with Gasteiger partial charge in [0, 0.05) is 52.9 Å². The lowest BCUT2D eigenvalue weighted by Gasteiger charge is -2.14. The van der Waals surface area contributed by atoms with Gasteiger partial charge in [-0.1, -0.05) is 6.92 Å². The Kier molecular flexibility index (Phi) is 7.03. The van der Waals surface area contributed by atoms with Crippen molar-refractivity contribution in [2.24, 2.45) is 0 Å². The van der Waals surface area contributed by atoms with Crippen molar-refractivity contribution in [3.05, 3.63) is 82.4 Å². The molecule has 40 heavy (non-hydrogen) atoms. The summed E-state index contributed by atoms with van der Waals surface area (Å²) >= 11 is 0. The van der Waals surface area contributed by atoms with E-state index in [0.717, 1.165) is 18.2 Å². The fourth-order valence-electron chi connectivity index (χ4n) is 4.51. The molecule has 0 spiro atoms. The second-order valence-corrected chi connectivity index (χ2v) is 9.43. The minimum Gasteiger partial charge on any atom is -0.490 e. The molecule has 12 heteroatoms. The first-order valence-electron chi connectivity index (χ1n) is 12.2. The fourth-order valence-corrected chi connectivity index (χ4v) is 4.51. The van der Waals surface area contributed by atoms with Crippen LogP contribution in [0.4, 0.5) is 26.3 Å². The molecule has 0 bridgehead atoms. The lowest BCUT2D eigenvalue weighted by atomic mass is 9.99. The number of benzene rings is 2. The van der Waals surface area contributed by atoms with Gasteiger partial charge in [0.05, 0.1) is 6.61 Å². The van der Waals surface area contributed by atoms with Crippen LogP contribution in [0, 0.1) is 24.4 Å². The number of aromatic nitrogens is 2. The van der Waals surface area contributed by atoms with Crippen LogP contribution >= 0.6 is 0 Å². The zero-order valence-corrected chi connectivity index (χ0v) is 21.1. The molecule has 1 aliphatic heterocycles. The zero-order valence-electron chi connectivity index (χ0n) is 21.1. The topological polar surface area (TPSA) is 73.3 Å². The van der Waals surface area contributed by atoms with Crippen molar-refractivity contribution in [3.63, 3.8) is 0 Å². The van der Waals surface area contributed by atoms with Gasteiger partial charge in [0.15, 0.2) is 23.2 Å². The molecular weight excluding hydrogens is 540 g/mol. The van der Waals surface area contributed by atoms with E-state index in [1.807, 2.05) is 6.92 Å². The Hall–Kier alpha value is -4.35. The second kappa shape index (κ2) is 10.3. The van der Waals surface area contributed by atoms with Crippen LogP contribution in [0.5, 0.6) is 11.5 Å². The van der Waals surface area contributed by atoms with Crippen LogP contribution in [0.15, 0.2) is 42.6 Å². The molecule has 3 heterocycles. The van der Waals surface area contributed by atoms with Gasteiger partial charge < -0.3 is 14.8 Å². The van der Waals surface area contributed by atoms with Gasteiger partial charge >= 0.3 is 6.36 Å². The molecule has 0 saturated heterocycles. The van der Waals surface area contributed by atoms with Gasteiger partial charge in [-0.05, 0) is 48.9 Å². The van der Waals surface area contributed by atoms with E-state index >= 15 is 0 Å². The minimum atomic E-state index is -4.99. The third-order valence-electron chi connectivity index (χ3n) is 6.39. The number of nitrogens with zero attached hydrogens (tertiary/aromatic N) is 2. The van der Waals surface area contributed by atoms with Gasteiger partial charge in [0.2, 0.25) is 0 Å². The maximum absolute atomic E-state index is 14.6. The average molecular weight is 561 g/mol. The number of rotatable bonds is 6. The number of hydrogen-bond acceptors (Lipinski definition) is 5. The van der Waals surface area contributed by atoms with Crippen LogP contribution in [0.3, 0.4) is 0 Å². The first-order chi connectivity index (χ1) is 18.9. The summed E-state index contributed by atoms with van der Waals surface area (Å²) in [6.07, 6.45) is -3.45. The van der Waals surface area contributed by atoms with Gasteiger partial charge in [0.1, 0.15) is 17.0 Å². The van der Waals surface area contributed by atoms with Gasteiger partial charge in [-0.2, -0.15) is 0 Å². The summed E-state index contributed by atoms with van der Waals surface area (Å²) in [7, 11) is 0. The molecule has 1 N–H and O–H groups in total. The monoisotopic (exact) mass is 561 g/mol. The van der Waals surface area contributed by atoms with Crippen molar-refractivity contribution < 1.29 is 40.6 Å². The molecule has 6 nitrogen and oxygen atoms in total. The van der Waals surface area contributed by atoms with Gasteiger partial charge in [-0.15, -0.1) is 13.2 Å². The molecule has 4 aromatic rings. The van der Waals surface area contributed by atoms with Crippen LogP contribution in [0.2, 0.25) is 0 Å². The van der Waals surface area contributed by atoms with Crippen molar-refractivity contribution >= 4 is 16.8 Å². The summed E-state index contributed by atoms with van der Waals surface area (Å²) in [5, 5.41) is 2.92. The van der Waals surface area contributed by atoms with E-state index in [-0.39, 0.29) is 53.6 Å². The number of aryl methyl sites for hydroxylation is 1. The molecule has 2 aromatic heterocycles. The molecule has 2 aromatic carbocycles. The molecule has 1 atom stereocenters. The normalized spacial score (nSPS) is 14.7. The van der Waals surface area contributed by atoms with Gasteiger partial charge in [-0.25, -0.2) is 18.2 Å². The second-order valence-electron chi connectivity index (χ2n) is 9.43. The smallest absolute Gasteiger partial charge is 0.490 e. The van der Waals surface area contributed by atoms with E-state index in [0.29, 0.717) is 22.2 Å². The summed E-state index contributed by atoms with van der Waals surface area (Å²) < 4.78 is 90.8. The number of nitrogens with one attached hydrogen (secondary N) is 1. The summed E-state index contributed by atoms with van der Waals surface area (Å²) in [6.45, 7) is 3.88. The van der Waals surface area contributed by atoms with Crippen LogP contribution in [0.25, 0.3) is 22.2 Å².